The lowest BCUT2D eigenvalue weighted by atomic mass is 10.2. The normalized spacial score (nSPS) is 10.7. The lowest BCUT2D eigenvalue weighted by molar-refractivity contribution is 0.475. The van der Waals surface area contributed by atoms with Crippen LogP contribution in [0.4, 0.5) is 0 Å². The number of aromatic hydroxyl groups is 1. The van der Waals surface area contributed by atoms with Gasteiger partial charge in [-0.25, -0.2) is 0 Å². The van der Waals surface area contributed by atoms with Crippen molar-refractivity contribution in [1.29, 1.82) is 0 Å². The van der Waals surface area contributed by atoms with E-state index < -0.39 is 0 Å². The molecule has 4 nitrogen and oxygen atoms in total. The van der Waals surface area contributed by atoms with E-state index in [9.17, 15) is 0 Å². The molecule has 0 bridgehead atoms. The number of hydrogen-bond acceptors (Lipinski definition) is 3. The molecule has 0 amide bonds. The molecule has 90 valence electrons. The molecule has 0 aliphatic heterocycles. The van der Waals surface area contributed by atoms with Crippen molar-refractivity contribution in [3.05, 3.63) is 47.3 Å². The van der Waals surface area contributed by atoms with Crippen LogP contribution in [-0.2, 0) is 20.1 Å². The largest absolute Gasteiger partial charge is 0.508 e. The minimum Gasteiger partial charge on any atom is -0.508 e. The SMILES string of the molecule is Cc1c(CNCc2ccc(O)cc2)cnn1C. The summed E-state index contributed by atoms with van der Waals surface area (Å²) in [6, 6.07) is 7.23. The summed E-state index contributed by atoms with van der Waals surface area (Å²) in [4.78, 5) is 0. The first-order chi connectivity index (χ1) is 8.16. The second kappa shape index (κ2) is 5.01. The number of aryl methyl sites for hydroxylation is 1. The maximum absolute atomic E-state index is 9.17. The van der Waals surface area contributed by atoms with E-state index >= 15 is 0 Å². The fourth-order valence-corrected chi connectivity index (χ4v) is 1.67. The molecule has 1 aromatic heterocycles. The fraction of sp³-hybridized carbons (Fsp3) is 0.308. The Balaban J connectivity index is 1.87. The van der Waals surface area contributed by atoms with Crippen LogP contribution < -0.4 is 5.32 Å². The summed E-state index contributed by atoms with van der Waals surface area (Å²) in [5.41, 5.74) is 3.55. The van der Waals surface area contributed by atoms with E-state index in [-0.39, 0.29) is 0 Å². The second-order valence-electron chi connectivity index (χ2n) is 4.15. The molecule has 1 aromatic carbocycles. The van der Waals surface area contributed by atoms with Crippen LogP contribution >= 0.6 is 0 Å². The topological polar surface area (TPSA) is 50.1 Å². The maximum atomic E-state index is 9.17. The quantitative estimate of drug-likeness (QED) is 0.842. The number of nitrogens with one attached hydrogen (secondary N) is 1. The van der Waals surface area contributed by atoms with Gasteiger partial charge in [0, 0.05) is 31.4 Å². The van der Waals surface area contributed by atoms with Gasteiger partial charge in [-0.15, -0.1) is 0 Å². The van der Waals surface area contributed by atoms with Gasteiger partial charge >= 0.3 is 0 Å². The van der Waals surface area contributed by atoms with E-state index in [1.54, 1.807) is 12.1 Å². The predicted octanol–water partition coefficient (Wildman–Crippen LogP) is 1.72. The van der Waals surface area contributed by atoms with Gasteiger partial charge in [0.1, 0.15) is 5.75 Å². The zero-order chi connectivity index (χ0) is 12.3. The Labute approximate surface area is 101 Å². The van der Waals surface area contributed by atoms with Gasteiger partial charge in [-0.05, 0) is 24.6 Å². The van der Waals surface area contributed by atoms with Crippen molar-refractivity contribution < 1.29 is 5.11 Å². The van der Waals surface area contributed by atoms with Gasteiger partial charge < -0.3 is 10.4 Å². The molecule has 0 aliphatic rings. The maximum Gasteiger partial charge on any atom is 0.115 e. The number of phenols is 1. The zero-order valence-corrected chi connectivity index (χ0v) is 10.1. The highest BCUT2D eigenvalue weighted by Crippen LogP contribution is 2.10. The summed E-state index contributed by atoms with van der Waals surface area (Å²) >= 11 is 0. The van der Waals surface area contributed by atoms with Crippen molar-refractivity contribution >= 4 is 0 Å². The van der Waals surface area contributed by atoms with Crippen molar-refractivity contribution in [2.75, 3.05) is 0 Å². The first-order valence-electron chi connectivity index (χ1n) is 5.63. The summed E-state index contributed by atoms with van der Waals surface area (Å²) in [6.45, 7) is 3.65. The lowest BCUT2D eigenvalue weighted by Gasteiger charge is -2.05. The molecule has 17 heavy (non-hydrogen) atoms. The molecule has 0 fully saturated rings. The lowest BCUT2D eigenvalue weighted by Crippen LogP contribution is -2.13. The Morgan fingerprint density at radius 3 is 2.53 bits per heavy atom. The number of rotatable bonds is 4. The minimum atomic E-state index is 0.303. The van der Waals surface area contributed by atoms with Crippen LogP contribution in [-0.4, -0.2) is 14.9 Å². The van der Waals surface area contributed by atoms with Gasteiger partial charge in [0.15, 0.2) is 0 Å². The number of aromatic nitrogens is 2. The van der Waals surface area contributed by atoms with Gasteiger partial charge in [-0.3, -0.25) is 4.68 Å². The van der Waals surface area contributed by atoms with Crippen LogP contribution in [0.3, 0.4) is 0 Å². The predicted molar refractivity (Wildman–Crippen MR) is 66.6 cm³/mol. The van der Waals surface area contributed by atoms with Crippen LogP contribution in [0.2, 0.25) is 0 Å². The molecule has 0 saturated heterocycles. The number of benzene rings is 1. The van der Waals surface area contributed by atoms with E-state index in [4.69, 9.17) is 5.11 Å². The molecular weight excluding hydrogens is 214 g/mol. The fourth-order valence-electron chi connectivity index (χ4n) is 1.67. The van der Waals surface area contributed by atoms with E-state index in [2.05, 4.69) is 17.3 Å². The van der Waals surface area contributed by atoms with Gasteiger partial charge in [-0.1, -0.05) is 12.1 Å². The van der Waals surface area contributed by atoms with Crippen LogP contribution in [0, 0.1) is 6.92 Å². The summed E-state index contributed by atoms with van der Waals surface area (Å²) < 4.78 is 1.87. The van der Waals surface area contributed by atoms with Crippen LogP contribution in [0.1, 0.15) is 16.8 Å². The second-order valence-corrected chi connectivity index (χ2v) is 4.15. The highest BCUT2D eigenvalue weighted by atomic mass is 16.3. The molecule has 2 aromatic rings. The Kier molecular flexibility index (Phi) is 3.44. The van der Waals surface area contributed by atoms with Gasteiger partial charge in [0.25, 0.3) is 0 Å². The first-order valence-corrected chi connectivity index (χ1v) is 5.63. The average Bonchev–Trinajstić information content (AvgIpc) is 2.64. The van der Waals surface area contributed by atoms with Crippen molar-refractivity contribution in [3.8, 4) is 5.75 Å². The molecule has 2 N–H and O–H groups in total. The van der Waals surface area contributed by atoms with Gasteiger partial charge in [0.05, 0.1) is 6.20 Å². The smallest absolute Gasteiger partial charge is 0.115 e. The molecule has 0 atom stereocenters. The third-order valence-corrected chi connectivity index (χ3v) is 2.92. The van der Waals surface area contributed by atoms with Crippen LogP contribution in [0.15, 0.2) is 30.5 Å². The zero-order valence-electron chi connectivity index (χ0n) is 10.1. The molecule has 4 heteroatoms. The summed E-state index contributed by atoms with van der Waals surface area (Å²) in [6.07, 6.45) is 1.89. The number of nitrogens with zero attached hydrogens (tertiary/aromatic N) is 2. The average molecular weight is 231 g/mol. The van der Waals surface area contributed by atoms with Crippen LogP contribution in [0.5, 0.6) is 5.75 Å². The Bertz CT molecular complexity index is 488. The molecule has 0 unspecified atom stereocenters. The Morgan fingerprint density at radius 2 is 1.94 bits per heavy atom. The van der Waals surface area contributed by atoms with Crippen LogP contribution in [0.25, 0.3) is 0 Å². The molecule has 1 heterocycles. The highest BCUT2D eigenvalue weighted by Gasteiger charge is 2.02. The Morgan fingerprint density at radius 1 is 1.24 bits per heavy atom. The number of phenolic OH excluding ortho intramolecular Hbond substituents is 1. The summed E-state index contributed by atoms with van der Waals surface area (Å²) in [7, 11) is 1.94. The van der Waals surface area contributed by atoms with Crippen molar-refractivity contribution in [3.63, 3.8) is 0 Å². The van der Waals surface area contributed by atoms with E-state index in [0.29, 0.717) is 5.75 Å². The Hall–Kier alpha value is -1.81. The minimum absolute atomic E-state index is 0.303. The third kappa shape index (κ3) is 2.85. The molecule has 0 saturated carbocycles. The molecular formula is C13H17N3O. The van der Waals surface area contributed by atoms with Gasteiger partial charge in [0.2, 0.25) is 0 Å². The van der Waals surface area contributed by atoms with E-state index in [1.807, 2.05) is 30.1 Å². The van der Waals surface area contributed by atoms with Crippen molar-refractivity contribution in [2.45, 2.75) is 20.0 Å². The monoisotopic (exact) mass is 231 g/mol. The third-order valence-electron chi connectivity index (χ3n) is 2.92. The first kappa shape index (κ1) is 11.7. The molecule has 0 aliphatic carbocycles. The number of hydrogen-bond donors (Lipinski definition) is 2. The summed E-state index contributed by atoms with van der Waals surface area (Å²) in [5.74, 6) is 0.303. The standard InChI is InChI=1S/C13H17N3O/c1-10-12(9-15-16(10)2)8-14-7-11-3-5-13(17)6-4-11/h3-6,9,14,17H,7-8H2,1-2H3. The van der Waals surface area contributed by atoms with Crippen molar-refractivity contribution in [2.24, 2.45) is 7.05 Å². The molecule has 0 spiro atoms. The van der Waals surface area contributed by atoms with E-state index in [1.165, 1.54) is 11.3 Å². The van der Waals surface area contributed by atoms with E-state index in [0.717, 1.165) is 18.7 Å². The molecule has 0 radical (unpaired) electrons. The summed E-state index contributed by atoms with van der Waals surface area (Å²) in [5, 5.41) is 16.7. The molecule has 2 rings (SSSR count). The highest BCUT2D eigenvalue weighted by molar-refractivity contribution is 5.25. The van der Waals surface area contributed by atoms with Crippen molar-refractivity contribution in [1.82, 2.24) is 15.1 Å². The van der Waals surface area contributed by atoms with Gasteiger partial charge in [-0.2, -0.15) is 5.10 Å².